The SMILES string of the molecule is CC(=O)NCC(=O)NNC(=O)c1ccc([N+](=O)[O-])cn1. The van der Waals surface area contributed by atoms with E-state index in [9.17, 15) is 24.5 Å². The van der Waals surface area contributed by atoms with Crippen LogP contribution in [-0.4, -0.2) is 34.2 Å². The van der Waals surface area contributed by atoms with Gasteiger partial charge in [0, 0.05) is 13.0 Å². The first-order chi connectivity index (χ1) is 9.40. The largest absolute Gasteiger partial charge is 0.347 e. The molecule has 20 heavy (non-hydrogen) atoms. The summed E-state index contributed by atoms with van der Waals surface area (Å²) in [5.74, 6) is -1.75. The van der Waals surface area contributed by atoms with Gasteiger partial charge in [0.25, 0.3) is 17.5 Å². The minimum Gasteiger partial charge on any atom is -0.347 e. The van der Waals surface area contributed by atoms with E-state index in [0.717, 1.165) is 18.3 Å². The Bertz CT molecular complexity index is 541. The topological polar surface area (TPSA) is 143 Å². The molecule has 1 aromatic rings. The Kier molecular flexibility index (Phi) is 5.09. The summed E-state index contributed by atoms with van der Waals surface area (Å²) in [4.78, 5) is 46.6. The number of pyridine rings is 1. The maximum atomic E-state index is 11.5. The summed E-state index contributed by atoms with van der Waals surface area (Å²) in [6, 6.07) is 2.26. The summed E-state index contributed by atoms with van der Waals surface area (Å²) < 4.78 is 0. The Balaban J connectivity index is 2.48. The number of rotatable bonds is 4. The molecule has 10 nitrogen and oxygen atoms in total. The number of nitro groups is 1. The molecule has 0 radical (unpaired) electrons. The van der Waals surface area contributed by atoms with Gasteiger partial charge in [0.05, 0.1) is 11.5 Å². The van der Waals surface area contributed by atoms with Crippen molar-refractivity contribution in [3.8, 4) is 0 Å². The molecule has 0 saturated carbocycles. The number of nitrogens with one attached hydrogen (secondary N) is 3. The van der Waals surface area contributed by atoms with Gasteiger partial charge in [0.1, 0.15) is 11.9 Å². The van der Waals surface area contributed by atoms with Crippen LogP contribution in [0.4, 0.5) is 5.69 Å². The van der Waals surface area contributed by atoms with Crippen molar-refractivity contribution in [3.63, 3.8) is 0 Å². The van der Waals surface area contributed by atoms with E-state index in [2.05, 4.69) is 10.3 Å². The first-order valence-corrected chi connectivity index (χ1v) is 5.34. The molecule has 0 fully saturated rings. The zero-order valence-electron chi connectivity index (χ0n) is 10.4. The lowest BCUT2D eigenvalue weighted by Crippen LogP contribution is -2.46. The molecule has 0 unspecified atom stereocenters. The minimum absolute atomic E-state index is 0.101. The number of aromatic nitrogens is 1. The molecule has 0 aliphatic rings. The van der Waals surface area contributed by atoms with E-state index in [1.54, 1.807) is 0 Å². The van der Waals surface area contributed by atoms with Crippen molar-refractivity contribution in [2.45, 2.75) is 6.92 Å². The second-order valence-electron chi connectivity index (χ2n) is 3.57. The van der Waals surface area contributed by atoms with Gasteiger partial charge in [-0.15, -0.1) is 0 Å². The number of hydrazine groups is 1. The number of hydrogen-bond acceptors (Lipinski definition) is 6. The van der Waals surface area contributed by atoms with Crippen LogP contribution in [0.15, 0.2) is 18.3 Å². The van der Waals surface area contributed by atoms with Crippen LogP contribution in [0.25, 0.3) is 0 Å². The van der Waals surface area contributed by atoms with E-state index in [1.165, 1.54) is 6.92 Å². The van der Waals surface area contributed by atoms with Crippen LogP contribution in [0.5, 0.6) is 0 Å². The summed E-state index contributed by atoms with van der Waals surface area (Å²) in [6.45, 7) is 0.954. The lowest BCUT2D eigenvalue weighted by molar-refractivity contribution is -0.385. The summed E-state index contributed by atoms with van der Waals surface area (Å²) in [5.41, 5.74) is 3.74. The van der Waals surface area contributed by atoms with Gasteiger partial charge in [-0.2, -0.15) is 0 Å². The van der Waals surface area contributed by atoms with Crippen molar-refractivity contribution >= 4 is 23.4 Å². The molecule has 0 aliphatic heterocycles. The summed E-state index contributed by atoms with van der Waals surface area (Å²) >= 11 is 0. The third-order valence-electron chi connectivity index (χ3n) is 2.00. The fraction of sp³-hybridized carbons (Fsp3) is 0.200. The average Bonchev–Trinajstić information content (AvgIpc) is 2.42. The van der Waals surface area contributed by atoms with Gasteiger partial charge in [-0.1, -0.05) is 0 Å². The van der Waals surface area contributed by atoms with Crippen LogP contribution in [0.1, 0.15) is 17.4 Å². The summed E-state index contributed by atoms with van der Waals surface area (Å²) in [7, 11) is 0. The van der Waals surface area contributed by atoms with Crippen molar-refractivity contribution < 1.29 is 19.3 Å². The lowest BCUT2D eigenvalue weighted by atomic mass is 10.3. The van der Waals surface area contributed by atoms with Crippen molar-refractivity contribution in [2.24, 2.45) is 0 Å². The fourth-order valence-corrected chi connectivity index (χ4v) is 1.07. The molecule has 1 rings (SSSR count). The molecule has 3 N–H and O–H groups in total. The van der Waals surface area contributed by atoms with Crippen molar-refractivity contribution in [1.82, 2.24) is 21.2 Å². The number of carbonyl (C=O) groups is 3. The fourth-order valence-electron chi connectivity index (χ4n) is 1.07. The van der Waals surface area contributed by atoms with Gasteiger partial charge in [0.15, 0.2) is 0 Å². The zero-order valence-corrected chi connectivity index (χ0v) is 10.4. The second-order valence-corrected chi connectivity index (χ2v) is 3.57. The molecule has 0 aromatic carbocycles. The monoisotopic (exact) mass is 281 g/mol. The molecule has 0 aliphatic carbocycles. The predicted molar refractivity (Wildman–Crippen MR) is 65.2 cm³/mol. The van der Waals surface area contributed by atoms with Gasteiger partial charge in [0.2, 0.25) is 5.91 Å². The van der Waals surface area contributed by atoms with E-state index in [0.29, 0.717) is 0 Å². The summed E-state index contributed by atoms with van der Waals surface area (Å²) in [6.07, 6.45) is 0.925. The van der Waals surface area contributed by atoms with Gasteiger partial charge in [-0.3, -0.25) is 35.3 Å². The Hall–Kier alpha value is -3.04. The zero-order chi connectivity index (χ0) is 15.1. The first-order valence-electron chi connectivity index (χ1n) is 5.34. The molecule has 0 spiro atoms. The normalized spacial score (nSPS) is 9.45. The third-order valence-corrected chi connectivity index (χ3v) is 2.00. The highest BCUT2D eigenvalue weighted by atomic mass is 16.6. The van der Waals surface area contributed by atoms with E-state index in [-0.39, 0.29) is 23.8 Å². The number of hydrogen-bond donors (Lipinski definition) is 3. The van der Waals surface area contributed by atoms with Crippen LogP contribution in [0.2, 0.25) is 0 Å². The highest BCUT2D eigenvalue weighted by Gasteiger charge is 2.11. The van der Waals surface area contributed by atoms with E-state index in [4.69, 9.17) is 0 Å². The van der Waals surface area contributed by atoms with Crippen LogP contribution in [0.3, 0.4) is 0 Å². The maximum Gasteiger partial charge on any atom is 0.288 e. The molecule has 0 atom stereocenters. The van der Waals surface area contributed by atoms with Gasteiger partial charge in [-0.25, -0.2) is 4.98 Å². The standard InChI is InChI=1S/C10H11N5O5/c1-6(16)11-5-9(17)13-14-10(18)8-3-2-7(4-12-8)15(19)20/h2-4H,5H2,1H3,(H,11,16)(H,13,17)(H,14,18). The second kappa shape index (κ2) is 6.78. The van der Waals surface area contributed by atoms with Crippen LogP contribution < -0.4 is 16.2 Å². The molecule has 0 saturated heterocycles. The van der Waals surface area contributed by atoms with E-state index >= 15 is 0 Å². The van der Waals surface area contributed by atoms with Crippen LogP contribution in [-0.2, 0) is 9.59 Å². The van der Waals surface area contributed by atoms with Gasteiger partial charge < -0.3 is 5.32 Å². The maximum absolute atomic E-state index is 11.5. The van der Waals surface area contributed by atoms with Gasteiger partial charge >= 0.3 is 0 Å². The lowest BCUT2D eigenvalue weighted by Gasteiger charge is -2.06. The molecule has 3 amide bonds. The molecule has 1 aromatic heterocycles. The molecule has 1 heterocycles. The smallest absolute Gasteiger partial charge is 0.288 e. The Morgan fingerprint density at radius 2 is 2.00 bits per heavy atom. The highest BCUT2D eigenvalue weighted by Crippen LogP contribution is 2.08. The Morgan fingerprint density at radius 3 is 2.50 bits per heavy atom. The first kappa shape index (κ1) is 15.0. The van der Waals surface area contributed by atoms with E-state index in [1.807, 2.05) is 10.9 Å². The van der Waals surface area contributed by atoms with Crippen molar-refractivity contribution in [2.75, 3.05) is 6.54 Å². The Labute approximate surface area is 112 Å². The minimum atomic E-state index is -0.740. The Morgan fingerprint density at radius 1 is 1.30 bits per heavy atom. The quantitative estimate of drug-likeness (QED) is 0.471. The van der Waals surface area contributed by atoms with E-state index < -0.39 is 16.7 Å². The summed E-state index contributed by atoms with van der Waals surface area (Å²) in [5, 5.41) is 12.6. The molecular weight excluding hydrogens is 270 g/mol. The van der Waals surface area contributed by atoms with Crippen molar-refractivity contribution in [1.29, 1.82) is 0 Å². The number of amides is 3. The number of carbonyl (C=O) groups excluding carboxylic acids is 3. The molecule has 10 heteroatoms. The van der Waals surface area contributed by atoms with Crippen LogP contribution >= 0.6 is 0 Å². The molecule has 0 bridgehead atoms. The predicted octanol–water partition coefficient (Wildman–Crippen LogP) is -1.11. The van der Waals surface area contributed by atoms with Gasteiger partial charge in [-0.05, 0) is 6.07 Å². The van der Waals surface area contributed by atoms with Crippen LogP contribution in [0, 0.1) is 10.1 Å². The number of nitrogens with zero attached hydrogens (tertiary/aromatic N) is 2. The highest BCUT2D eigenvalue weighted by molar-refractivity contribution is 5.94. The average molecular weight is 281 g/mol. The molecule has 106 valence electrons. The van der Waals surface area contributed by atoms with Crippen molar-refractivity contribution in [3.05, 3.63) is 34.1 Å². The molecular formula is C10H11N5O5. The third kappa shape index (κ3) is 4.68.